The topological polar surface area (TPSA) is 38.8 Å². The van der Waals surface area contributed by atoms with Crippen LogP contribution in [0, 0.1) is 5.82 Å². The fraction of sp³-hybridized carbons (Fsp3) is 0.500. The molecule has 0 N–H and O–H groups in total. The maximum absolute atomic E-state index is 13.4. The number of methoxy groups -OCH3 is 1. The molecule has 0 aliphatic carbocycles. The van der Waals surface area contributed by atoms with Gasteiger partial charge in [0.1, 0.15) is 12.7 Å². The molecule has 19 heavy (non-hydrogen) atoms. The molecule has 1 atom stereocenters. The van der Waals surface area contributed by atoms with E-state index in [1.54, 1.807) is 17.0 Å². The molecule has 0 radical (unpaired) electrons. The highest BCUT2D eigenvalue weighted by atomic mass is 19.1. The van der Waals surface area contributed by atoms with Crippen LogP contribution in [0.1, 0.15) is 25.0 Å². The van der Waals surface area contributed by atoms with E-state index in [9.17, 15) is 9.18 Å². The minimum atomic E-state index is -0.399. The Morgan fingerprint density at radius 3 is 3.00 bits per heavy atom. The van der Waals surface area contributed by atoms with Crippen molar-refractivity contribution >= 4 is 5.91 Å². The highest BCUT2D eigenvalue weighted by Crippen LogP contribution is 2.27. The molecule has 104 valence electrons. The second-order valence-corrected chi connectivity index (χ2v) is 4.53. The number of hydrogen-bond donors (Lipinski definition) is 0. The van der Waals surface area contributed by atoms with Gasteiger partial charge in [-0.15, -0.1) is 0 Å². The van der Waals surface area contributed by atoms with Crippen molar-refractivity contribution in [1.82, 2.24) is 4.90 Å². The quantitative estimate of drug-likeness (QED) is 0.839. The molecule has 0 spiro atoms. The molecule has 1 aromatic rings. The first kappa shape index (κ1) is 13.8. The Bertz CT molecular complexity index is 464. The van der Waals surface area contributed by atoms with Crippen LogP contribution in [-0.4, -0.2) is 37.6 Å². The molecule has 1 amide bonds. The Hall–Kier alpha value is -1.62. The van der Waals surface area contributed by atoms with Gasteiger partial charge < -0.3 is 14.4 Å². The van der Waals surface area contributed by atoms with E-state index in [1.807, 2.05) is 6.92 Å². The molecule has 0 aromatic heterocycles. The van der Waals surface area contributed by atoms with E-state index >= 15 is 0 Å². The zero-order chi connectivity index (χ0) is 13.8. The first-order valence-corrected chi connectivity index (χ1v) is 6.38. The van der Waals surface area contributed by atoms with E-state index in [0.29, 0.717) is 6.54 Å². The van der Waals surface area contributed by atoms with E-state index in [2.05, 4.69) is 0 Å². The first-order valence-electron chi connectivity index (χ1n) is 6.38. The van der Waals surface area contributed by atoms with Gasteiger partial charge in [-0.1, -0.05) is 13.0 Å². The number of rotatable bonds is 4. The van der Waals surface area contributed by atoms with Crippen molar-refractivity contribution in [3.05, 3.63) is 29.6 Å². The minimum absolute atomic E-state index is 0.00665. The van der Waals surface area contributed by atoms with Gasteiger partial charge in [0.25, 0.3) is 0 Å². The summed E-state index contributed by atoms with van der Waals surface area (Å²) in [4.78, 5) is 13.4. The molecule has 1 aromatic carbocycles. The third-order valence-corrected chi connectivity index (χ3v) is 3.19. The van der Waals surface area contributed by atoms with Gasteiger partial charge in [-0.05, 0) is 24.1 Å². The van der Waals surface area contributed by atoms with Crippen LogP contribution in [-0.2, 0) is 9.53 Å². The molecular weight excluding hydrogens is 249 g/mol. The van der Waals surface area contributed by atoms with Gasteiger partial charge in [-0.25, -0.2) is 4.39 Å². The Morgan fingerprint density at radius 1 is 1.53 bits per heavy atom. The number of benzene rings is 1. The van der Waals surface area contributed by atoms with Gasteiger partial charge in [0, 0.05) is 6.54 Å². The molecule has 4 nitrogen and oxygen atoms in total. The van der Waals surface area contributed by atoms with Crippen molar-refractivity contribution in [2.45, 2.75) is 19.4 Å². The van der Waals surface area contributed by atoms with E-state index in [-0.39, 0.29) is 24.4 Å². The Labute approximate surface area is 112 Å². The summed E-state index contributed by atoms with van der Waals surface area (Å²) in [5, 5.41) is 0. The average molecular weight is 267 g/mol. The normalized spacial score (nSPS) is 19.6. The van der Waals surface area contributed by atoms with Crippen molar-refractivity contribution in [2.75, 3.05) is 26.8 Å². The summed E-state index contributed by atoms with van der Waals surface area (Å²) in [5.41, 5.74) is 0.826. The van der Waals surface area contributed by atoms with Crippen molar-refractivity contribution in [1.29, 1.82) is 0 Å². The number of carbonyl (C=O) groups is 1. The molecular formula is C14H18FNO3. The van der Waals surface area contributed by atoms with E-state index in [1.165, 1.54) is 13.2 Å². The van der Waals surface area contributed by atoms with Crippen LogP contribution in [0.15, 0.2) is 18.2 Å². The van der Waals surface area contributed by atoms with Gasteiger partial charge in [-0.3, -0.25) is 4.79 Å². The molecule has 0 saturated carbocycles. The summed E-state index contributed by atoms with van der Waals surface area (Å²) < 4.78 is 23.9. The van der Waals surface area contributed by atoms with Crippen LogP contribution >= 0.6 is 0 Å². The molecule has 1 saturated heterocycles. The average Bonchev–Trinajstić information content (AvgIpc) is 2.42. The van der Waals surface area contributed by atoms with Gasteiger partial charge >= 0.3 is 0 Å². The van der Waals surface area contributed by atoms with Crippen LogP contribution in [0.5, 0.6) is 5.75 Å². The summed E-state index contributed by atoms with van der Waals surface area (Å²) in [6, 6.07) is 4.65. The number of amides is 1. The fourth-order valence-electron chi connectivity index (χ4n) is 2.18. The highest BCUT2D eigenvalue weighted by Gasteiger charge is 2.27. The first-order chi connectivity index (χ1) is 9.15. The van der Waals surface area contributed by atoms with Gasteiger partial charge in [0.15, 0.2) is 11.6 Å². The number of halogens is 1. The van der Waals surface area contributed by atoms with Crippen molar-refractivity contribution < 1.29 is 18.7 Å². The lowest BCUT2D eigenvalue weighted by Crippen LogP contribution is -2.43. The zero-order valence-electron chi connectivity index (χ0n) is 11.2. The molecule has 2 rings (SSSR count). The number of morpholine rings is 1. The van der Waals surface area contributed by atoms with Crippen molar-refractivity contribution in [2.24, 2.45) is 0 Å². The third kappa shape index (κ3) is 3.04. The monoisotopic (exact) mass is 267 g/mol. The van der Waals surface area contributed by atoms with Gasteiger partial charge in [0.05, 0.1) is 13.7 Å². The van der Waals surface area contributed by atoms with Crippen LogP contribution < -0.4 is 4.74 Å². The fourth-order valence-corrected chi connectivity index (χ4v) is 2.18. The highest BCUT2D eigenvalue weighted by molar-refractivity contribution is 5.78. The minimum Gasteiger partial charge on any atom is -0.494 e. The summed E-state index contributed by atoms with van der Waals surface area (Å²) in [5.74, 6) is -0.198. The largest absolute Gasteiger partial charge is 0.494 e. The second kappa shape index (κ2) is 6.02. The summed E-state index contributed by atoms with van der Waals surface area (Å²) in [6.45, 7) is 3.32. The van der Waals surface area contributed by atoms with Crippen molar-refractivity contribution in [3.63, 3.8) is 0 Å². The lowest BCUT2D eigenvalue weighted by Gasteiger charge is -2.32. The van der Waals surface area contributed by atoms with E-state index < -0.39 is 5.82 Å². The number of hydrogen-bond acceptors (Lipinski definition) is 3. The summed E-state index contributed by atoms with van der Waals surface area (Å²) in [7, 11) is 1.43. The number of carbonyl (C=O) groups excluding carboxylic acids is 1. The number of ether oxygens (including phenoxy) is 2. The molecule has 1 heterocycles. The summed E-state index contributed by atoms with van der Waals surface area (Å²) >= 11 is 0. The van der Waals surface area contributed by atoms with E-state index in [0.717, 1.165) is 18.5 Å². The maximum Gasteiger partial charge on any atom is 0.248 e. The van der Waals surface area contributed by atoms with Gasteiger partial charge in [0.2, 0.25) is 5.91 Å². The van der Waals surface area contributed by atoms with Crippen LogP contribution in [0.3, 0.4) is 0 Å². The van der Waals surface area contributed by atoms with E-state index in [4.69, 9.17) is 9.47 Å². The molecule has 0 unspecified atom stereocenters. The smallest absolute Gasteiger partial charge is 0.248 e. The SMILES string of the molecule is CCCN1C[C@H](c2ccc(F)c(OC)c2)OCC1=O. The van der Waals surface area contributed by atoms with Gasteiger partial charge in [-0.2, -0.15) is 0 Å². The van der Waals surface area contributed by atoms with Crippen LogP contribution in [0.4, 0.5) is 4.39 Å². The Balaban J connectivity index is 2.15. The predicted molar refractivity (Wildman–Crippen MR) is 68.5 cm³/mol. The summed E-state index contributed by atoms with van der Waals surface area (Å²) in [6.07, 6.45) is 0.685. The lowest BCUT2D eigenvalue weighted by atomic mass is 10.1. The van der Waals surface area contributed by atoms with Crippen LogP contribution in [0.2, 0.25) is 0 Å². The Morgan fingerprint density at radius 2 is 2.32 bits per heavy atom. The number of nitrogens with zero attached hydrogens (tertiary/aromatic N) is 1. The second-order valence-electron chi connectivity index (χ2n) is 4.53. The standard InChI is InChI=1S/C14H18FNO3/c1-3-6-16-8-13(19-9-14(16)17)10-4-5-11(15)12(7-10)18-2/h4-5,7,13H,3,6,8-9H2,1-2H3/t13-/m1/s1. The maximum atomic E-state index is 13.4. The Kier molecular flexibility index (Phi) is 4.37. The molecule has 1 fully saturated rings. The predicted octanol–water partition coefficient (Wildman–Crippen LogP) is 2.14. The lowest BCUT2D eigenvalue weighted by molar-refractivity contribution is -0.149. The van der Waals surface area contributed by atoms with Crippen LogP contribution in [0.25, 0.3) is 0 Å². The molecule has 5 heteroatoms. The third-order valence-electron chi connectivity index (χ3n) is 3.19. The van der Waals surface area contributed by atoms with Crippen molar-refractivity contribution in [3.8, 4) is 5.75 Å². The molecule has 1 aliphatic heterocycles. The molecule has 0 bridgehead atoms. The zero-order valence-corrected chi connectivity index (χ0v) is 11.2. The molecule has 1 aliphatic rings.